The van der Waals surface area contributed by atoms with Crippen molar-refractivity contribution in [3.05, 3.63) is 64.6 Å². The van der Waals surface area contributed by atoms with E-state index in [2.05, 4.69) is 20.5 Å². The number of benzene rings is 2. The van der Waals surface area contributed by atoms with Crippen LogP contribution < -0.4 is 0 Å². The Morgan fingerprint density at radius 2 is 1.85 bits per heavy atom. The molecule has 0 spiro atoms. The molecule has 0 aliphatic rings. The Kier molecular flexibility index (Phi) is 4.87. The molecule has 2 aromatic carbocycles. The van der Waals surface area contributed by atoms with E-state index in [0.717, 1.165) is 22.0 Å². The average Bonchev–Trinajstić information content (AvgIpc) is 3.30. The number of thiazole rings is 1. The minimum atomic E-state index is 0.202. The van der Waals surface area contributed by atoms with Gasteiger partial charge in [0.25, 0.3) is 0 Å². The summed E-state index contributed by atoms with van der Waals surface area (Å²) < 4.78 is 1.64. The van der Waals surface area contributed by atoms with E-state index in [1.807, 2.05) is 29.6 Å². The van der Waals surface area contributed by atoms with Crippen molar-refractivity contribution >= 4 is 34.7 Å². The minimum Gasteiger partial charge on any atom is -0.508 e. The SMILES string of the molecule is Oc1ccc(-n2nnnc2SCc2csc(-c3ccc(Cl)cc3)n2)cc1. The molecule has 4 rings (SSSR count). The third-order valence-electron chi connectivity index (χ3n) is 3.53. The van der Waals surface area contributed by atoms with Crippen LogP contribution >= 0.6 is 34.7 Å². The van der Waals surface area contributed by atoms with Crippen molar-refractivity contribution in [3.8, 4) is 22.0 Å². The summed E-state index contributed by atoms with van der Waals surface area (Å²) in [5, 5.41) is 25.6. The molecule has 1 N–H and O–H groups in total. The normalized spacial score (nSPS) is 11.0. The lowest BCUT2D eigenvalue weighted by Gasteiger charge is -2.03. The predicted octanol–water partition coefficient (Wildman–Crippen LogP) is 4.44. The van der Waals surface area contributed by atoms with Gasteiger partial charge in [0.15, 0.2) is 0 Å². The highest BCUT2D eigenvalue weighted by molar-refractivity contribution is 7.98. The number of hydrogen-bond acceptors (Lipinski definition) is 7. The molecule has 0 saturated heterocycles. The molecule has 0 unspecified atom stereocenters. The molecule has 0 aliphatic carbocycles. The van der Waals surface area contributed by atoms with Gasteiger partial charge in [-0.1, -0.05) is 35.5 Å². The van der Waals surface area contributed by atoms with Gasteiger partial charge in [-0.2, -0.15) is 4.68 Å². The third-order valence-corrected chi connectivity index (χ3v) is 5.67. The van der Waals surface area contributed by atoms with Crippen LogP contribution in [0.25, 0.3) is 16.3 Å². The Bertz CT molecular complexity index is 1010. The molecule has 0 fully saturated rings. The molecule has 26 heavy (non-hydrogen) atoms. The standard InChI is InChI=1S/C17H12ClN5OS2/c18-12-3-1-11(2-4-12)16-19-13(9-25-16)10-26-17-20-21-22-23(17)14-5-7-15(24)8-6-14/h1-9,24H,10H2. The molecule has 0 bridgehead atoms. The van der Waals surface area contributed by atoms with Crippen LogP contribution in [0, 0.1) is 0 Å². The number of thioether (sulfide) groups is 1. The van der Waals surface area contributed by atoms with Crippen molar-refractivity contribution in [2.45, 2.75) is 10.9 Å². The molecule has 4 aromatic rings. The molecule has 6 nitrogen and oxygen atoms in total. The number of aromatic hydroxyl groups is 1. The fourth-order valence-electron chi connectivity index (χ4n) is 2.26. The maximum Gasteiger partial charge on any atom is 0.214 e. The fraction of sp³-hybridized carbons (Fsp3) is 0.0588. The number of aromatic nitrogens is 5. The van der Waals surface area contributed by atoms with Crippen molar-refractivity contribution < 1.29 is 5.11 Å². The van der Waals surface area contributed by atoms with Crippen molar-refractivity contribution in [2.75, 3.05) is 0 Å². The maximum absolute atomic E-state index is 9.41. The summed E-state index contributed by atoms with van der Waals surface area (Å²) >= 11 is 9.03. The van der Waals surface area contributed by atoms with Gasteiger partial charge in [-0.15, -0.1) is 16.4 Å². The highest BCUT2D eigenvalue weighted by Crippen LogP contribution is 2.28. The Morgan fingerprint density at radius 1 is 1.08 bits per heavy atom. The smallest absolute Gasteiger partial charge is 0.214 e. The molecule has 2 heterocycles. The van der Waals surface area contributed by atoms with Crippen LogP contribution in [0.5, 0.6) is 5.75 Å². The second kappa shape index (κ2) is 7.45. The predicted molar refractivity (Wildman–Crippen MR) is 103 cm³/mol. The zero-order valence-corrected chi connectivity index (χ0v) is 15.7. The molecule has 0 aliphatic heterocycles. The Labute approximate surface area is 162 Å². The quantitative estimate of drug-likeness (QED) is 0.498. The van der Waals surface area contributed by atoms with Crippen molar-refractivity contribution in [1.29, 1.82) is 0 Å². The average molecular weight is 402 g/mol. The van der Waals surface area contributed by atoms with Gasteiger partial charge in [0.05, 0.1) is 11.4 Å². The molecule has 0 amide bonds. The number of tetrazole rings is 1. The number of phenols is 1. The van der Waals surface area contributed by atoms with Crippen LogP contribution in [-0.2, 0) is 5.75 Å². The van der Waals surface area contributed by atoms with Gasteiger partial charge in [0.1, 0.15) is 10.8 Å². The number of phenolic OH excluding ortho intramolecular Hbond substituents is 1. The third kappa shape index (κ3) is 3.72. The first-order chi connectivity index (χ1) is 12.7. The van der Waals surface area contributed by atoms with E-state index in [9.17, 15) is 5.11 Å². The van der Waals surface area contributed by atoms with Crippen molar-refractivity contribution in [1.82, 2.24) is 25.2 Å². The lowest BCUT2D eigenvalue weighted by molar-refractivity contribution is 0.475. The zero-order chi connectivity index (χ0) is 17.9. The molecule has 0 atom stereocenters. The number of halogens is 1. The van der Waals surface area contributed by atoms with Crippen LogP contribution in [0.15, 0.2) is 59.1 Å². The van der Waals surface area contributed by atoms with E-state index in [-0.39, 0.29) is 5.75 Å². The number of rotatable bonds is 5. The molecule has 130 valence electrons. The summed E-state index contributed by atoms with van der Waals surface area (Å²) in [5.41, 5.74) is 2.80. The fourth-order valence-corrected chi connectivity index (χ4v) is 4.10. The van der Waals surface area contributed by atoms with Crippen molar-refractivity contribution in [3.63, 3.8) is 0 Å². The van der Waals surface area contributed by atoms with Crippen LogP contribution in [0.2, 0.25) is 5.02 Å². The largest absolute Gasteiger partial charge is 0.508 e. The Morgan fingerprint density at radius 3 is 2.62 bits per heavy atom. The van der Waals surface area contributed by atoms with Gasteiger partial charge in [-0.3, -0.25) is 0 Å². The van der Waals surface area contributed by atoms with Gasteiger partial charge in [-0.05, 0) is 46.8 Å². The first-order valence-corrected chi connectivity index (χ1v) is 9.84. The Balaban J connectivity index is 1.48. The first kappa shape index (κ1) is 17.0. The maximum atomic E-state index is 9.41. The topological polar surface area (TPSA) is 76.7 Å². The van der Waals surface area contributed by atoms with Crippen LogP contribution in [0.4, 0.5) is 0 Å². The molecule has 0 saturated carbocycles. The van der Waals surface area contributed by atoms with E-state index in [1.165, 1.54) is 11.8 Å². The van der Waals surface area contributed by atoms with Gasteiger partial charge >= 0.3 is 0 Å². The molecular formula is C17H12ClN5OS2. The van der Waals surface area contributed by atoms with E-state index >= 15 is 0 Å². The zero-order valence-electron chi connectivity index (χ0n) is 13.3. The second-order valence-corrected chi connectivity index (χ2v) is 7.57. The summed E-state index contributed by atoms with van der Waals surface area (Å²) in [6, 6.07) is 14.4. The van der Waals surface area contributed by atoms with Crippen LogP contribution in [-0.4, -0.2) is 30.3 Å². The highest BCUT2D eigenvalue weighted by Gasteiger charge is 2.11. The van der Waals surface area contributed by atoms with Gasteiger partial charge < -0.3 is 5.11 Å². The first-order valence-electron chi connectivity index (χ1n) is 7.60. The highest BCUT2D eigenvalue weighted by atomic mass is 35.5. The van der Waals surface area contributed by atoms with Gasteiger partial charge in [0, 0.05) is 21.7 Å². The number of nitrogens with zero attached hydrogens (tertiary/aromatic N) is 5. The lowest BCUT2D eigenvalue weighted by atomic mass is 10.2. The second-order valence-electron chi connectivity index (χ2n) is 5.33. The van der Waals surface area contributed by atoms with E-state index in [4.69, 9.17) is 11.6 Å². The minimum absolute atomic E-state index is 0.202. The van der Waals surface area contributed by atoms with E-state index in [1.54, 1.807) is 40.3 Å². The molecule has 9 heteroatoms. The van der Waals surface area contributed by atoms with Gasteiger partial charge in [-0.25, -0.2) is 4.98 Å². The van der Waals surface area contributed by atoms with Crippen LogP contribution in [0.3, 0.4) is 0 Å². The van der Waals surface area contributed by atoms with Crippen molar-refractivity contribution in [2.24, 2.45) is 0 Å². The molecule has 2 aromatic heterocycles. The number of hydrogen-bond donors (Lipinski definition) is 1. The lowest BCUT2D eigenvalue weighted by Crippen LogP contribution is -1.98. The molecule has 0 radical (unpaired) electrons. The summed E-state index contributed by atoms with van der Waals surface area (Å²) in [6.07, 6.45) is 0. The summed E-state index contributed by atoms with van der Waals surface area (Å²) in [5.74, 6) is 0.857. The summed E-state index contributed by atoms with van der Waals surface area (Å²) in [7, 11) is 0. The Hall–Kier alpha value is -2.42. The van der Waals surface area contributed by atoms with E-state index < -0.39 is 0 Å². The van der Waals surface area contributed by atoms with Gasteiger partial charge in [0.2, 0.25) is 5.16 Å². The molecular weight excluding hydrogens is 390 g/mol. The summed E-state index contributed by atoms with van der Waals surface area (Å²) in [6.45, 7) is 0. The van der Waals surface area contributed by atoms with E-state index in [0.29, 0.717) is 15.9 Å². The van der Waals surface area contributed by atoms with Crippen LogP contribution in [0.1, 0.15) is 5.69 Å². The monoisotopic (exact) mass is 401 g/mol. The summed E-state index contributed by atoms with van der Waals surface area (Å²) in [4.78, 5) is 4.67.